The molecule has 0 spiro atoms. The van der Waals surface area contributed by atoms with Gasteiger partial charge in [-0.1, -0.05) is 35.8 Å². The fraction of sp³-hybridized carbons (Fsp3) is 0.333. The summed E-state index contributed by atoms with van der Waals surface area (Å²) in [5.41, 5.74) is 6.90. The van der Waals surface area contributed by atoms with Crippen LogP contribution in [-0.2, 0) is 0 Å². The molecular weight excluding hydrogens is 334 g/mol. The Morgan fingerprint density at radius 1 is 1.48 bits per heavy atom. The number of hydrogen-bond acceptors (Lipinski definition) is 4. The van der Waals surface area contributed by atoms with Gasteiger partial charge >= 0.3 is 0 Å². The molecule has 1 aromatic carbocycles. The van der Waals surface area contributed by atoms with E-state index in [0.29, 0.717) is 17.5 Å². The highest BCUT2D eigenvalue weighted by atomic mass is 79.9. The molecule has 2 aromatic rings. The lowest BCUT2D eigenvalue weighted by Crippen LogP contribution is -2.15. The number of hydrogen-bond donors (Lipinski definition) is 2. The molecule has 0 aliphatic rings. The lowest BCUT2D eigenvalue weighted by atomic mass is 10.0. The molecule has 21 heavy (non-hydrogen) atoms. The molecule has 0 aliphatic heterocycles. The van der Waals surface area contributed by atoms with Crippen LogP contribution in [0.3, 0.4) is 0 Å². The first kappa shape index (κ1) is 15.7. The summed E-state index contributed by atoms with van der Waals surface area (Å²) in [5, 5.41) is 2.76. The molecule has 6 heteroatoms. The Morgan fingerprint density at radius 3 is 2.90 bits per heavy atom. The van der Waals surface area contributed by atoms with Gasteiger partial charge in [-0.25, -0.2) is 4.98 Å². The fourth-order valence-corrected chi connectivity index (χ4v) is 2.33. The summed E-state index contributed by atoms with van der Waals surface area (Å²) in [7, 11) is 0. The zero-order valence-electron chi connectivity index (χ0n) is 12.0. The number of nitrogens with one attached hydrogen (secondary N) is 1. The van der Waals surface area contributed by atoms with Gasteiger partial charge in [0.05, 0.1) is 6.04 Å². The van der Waals surface area contributed by atoms with Gasteiger partial charge < -0.3 is 15.5 Å². The lowest BCUT2D eigenvalue weighted by Gasteiger charge is -2.09. The van der Waals surface area contributed by atoms with Gasteiger partial charge in [0.2, 0.25) is 5.89 Å². The fourth-order valence-electron chi connectivity index (χ4n) is 1.93. The van der Waals surface area contributed by atoms with E-state index >= 15 is 0 Å². The Labute approximate surface area is 132 Å². The molecule has 0 fully saturated rings. The van der Waals surface area contributed by atoms with E-state index < -0.39 is 0 Å². The smallest absolute Gasteiger partial charge is 0.277 e. The molecule has 1 unspecified atom stereocenters. The van der Waals surface area contributed by atoms with E-state index in [1.165, 1.54) is 6.26 Å². The number of aromatic nitrogens is 1. The van der Waals surface area contributed by atoms with Crippen LogP contribution in [0.2, 0.25) is 0 Å². The van der Waals surface area contributed by atoms with E-state index in [4.69, 9.17) is 10.2 Å². The zero-order chi connectivity index (χ0) is 15.4. The predicted octanol–water partition coefficient (Wildman–Crippen LogP) is 3.74. The van der Waals surface area contributed by atoms with Crippen LogP contribution in [0.4, 0.5) is 5.69 Å². The molecule has 0 radical (unpaired) electrons. The Balaban J connectivity index is 2.05. The number of rotatable bonds is 5. The third-order valence-corrected chi connectivity index (χ3v) is 3.37. The van der Waals surface area contributed by atoms with E-state index in [9.17, 15) is 4.79 Å². The molecule has 1 atom stereocenters. The van der Waals surface area contributed by atoms with Gasteiger partial charge in [0.25, 0.3) is 5.91 Å². The van der Waals surface area contributed by atoms with Crippen LogP contribution in [0.5, 0.6) is 0 Å². The number of halogens is 1. The van der Waals surface area contributed by atoms with Crippen LogP contribution >= 0.6 is 15.9 Å². The normalized spacial score (nSPS) is 12.4. The van der Waals surface area contributed by atoms with E-state index in [-0.39, 0.29) is 17.6 Å². The van der Waals surface area contributed by atoms with Gasteiger partial charge in [0.1, 0.15) is 6.26 Å². The number of nitrogens with two attached hydrogens (primary N) is 1. The van der Waals surface area contributed by atoms with Gasteiger partial charge in [-0.2, -0.15) is 0 Å². The van der Waals surface area contributed by atoms with Crippen molar-refractivity contribution in [2.75, 3.05) is 5.32 Å². The summed E-state index contributed by atoms with van der Waals surface area (Å²) in [6.07, 6.45) is 2.09. The molecule has 2 rings (SSSR count). The van der Waals surface area contributed by atoms with Crippen LogP contribution in [0.15, 0.2) is 39.4 Å². The van der Waals surface area contributed by atoms with Crippen molar-refractivity contribution in [1.29, 1.82) is 0 Å². The van der Waals surface area contributed by atoms with E-state index in [1.54, 1.807) is 6.07 Å². The van der Waals surface area contributed by atoms with Gasteiger partial charge in [-0.3, -0.25) is 4.79 Å². The van der Waals surface area contributed by atoms with E-state index in [2.05, 4.69) is 40.1 Å². The monoisotopic (exact) mass is 351 g/mol. The first-order valence-corrected chi connectivity index (χ1v) is 7.53. The molecule has 0 saturated carbocycles. The number of oxazole rings is 1. The van der Waals surface area contributed by atoms with Crippen LogP contribution in [-0.4, -0.2) is 10.9 Å². The van der Waals surface area contributed by atoms with E-state index in [0.717, 1.165) is 10.9 Å². The molecule has 1 heterocycles. The van der Waals surface area contributed by atoms with E-state index in [1.807, 2.05) is 18.2 Å². The molecule has 3 N–H and O–H groups in total. The average molecular weight is 352 g/mol. The highest BCUT2D eigenvalue weighted by Gasteiger charge is 2.18. The standard InChI is InChI=1S/C15H18BrN3O2/c1-9(2)6-12(17)15-19-13(8-21-15)14(20)18-11-5-3-4-10(16)7-11/h3-5,7-9,12H,6,17H2,1-2H3,(H,18,20). The number of nitrogens with zero attached hydrogens (tertiary/aromatic N) is 1. The van der Waals surface area contributed by atoms with Crippen LogP contribution in [0.1, 0.15) is 42.7 Å². The van der Waals surface area contributed by atoms with Gasteiger partial charge in [-0.05, 0) is 30.5 Å². The van der Waals surface area contributed by atoms with Gasteiger partial charge in [0.15, 0.2) is 5.69 Å². The molecule has 0 bridgehead atoms. The van der Waals surface area contributed by atoms with Crippen molar-refractivity contribution in [3.8, 4) is 0 Å². The van der Waals surface area contributed by atoms with Crippen molar-refractivity contribution in [1.82, 2.24) is 4.98 Å². The Hall–Kier alpha value is -1.66. The predicted molar refractivity (Wildman–Crippen MR) is 85.0 cm³/mol. The first-order chi connectivity index (χ1) is 9.95. The maximum absolute atomic E-state index is 12.1. The first-order valence-electron chi connectivity index (χ1n) is 6.73. The summed E-state index contributed by atoms with van der Waals surface area (Å²) in [5.74, 6) is 0.508. The van der Waals surface area contributed by atoms with Crippen LogP contribution in [0.25, 0.3) is 0 Å². The molecule has 1 amide bonds. The minimum Gasteiger partial charge on any atom is -0.446 e. The number of carbonyl (C=O) groups excluding carboxylic acids is 1. The number of anilines is 1. The Kier molecular flexibility index (Phi) is 5.14. The second-order valence-electron chi connectivity index (χ2n) is 5.27. The third kappa shape index (κ3) is 4.41. The SMILES string of the molecule is CC(C)CC(N)c1nc(C(=O)Nc2cccc(Br)c2)co1. The van der Waals surface area contributed by atoms with Crippen LogP contribution < -0.4 is 11.1 Å². The molecule has 0 saturated heterocycles. The summed E-state index contributed by atoms with van der Waals surface area (Å²) < 4.78 is 6.19. The maximum atomic E-state index is 12.1. The second kappa shape index (κ2) is 6.87. The Morgan fingerprint density at radius 2 is 2.24 bits per heavy atom. The average Bonchev–Trinajstić information content (AvgIpc) is 2.87. The number of benzene rings is 1. The summed E-state index contributed by atoms with van der Waals surface area (Å²) in [4.78, 5) is 16.3. The second-order valence-corrected chi connectivity index (χ2v) is 6.19. The minimum atomic E-state index is -0.320. The summed E-state index contributed by atoms with van der Waals surface area (Å²) in [6, 6.07) is 7.04. The van der Waals surface area contributed by atoms with Crippen molar-refractivity contribution in [2.45, 2.75) is 26.3 Å². The summed E-state index contributed by atoms with van der Waals surface area (Å²) >= 11 is 3.35. The largest absolute Gasteiger partial charge is 0.446 e. The molecule has 5 nitrogen and oxygen atoms in total. The quantitative estimate of drug-likeness (QED) is 0.859. The number of carbonyl (C=O) groups is 1. The lowest BCUT2D eigenvalue weighted by molar-refractivity contribution is 0.102. The molecule has 112 valence electrons. The Bertz CT molecular complexity index is 625. The minimum absolute atomic E-state index is 0.226. The topological polar surface area (TPSA) is 81.1 Å². The molecular formula is C15H18BrN3O2. The zero-order valence-corrected chi connectivity index (χ0v) is 13.6. The highest BCUT2D eigenvalue weighted by molar-refractivity contribution is 9.10. The number of amides is 1. The highest BCUT2D eigenvalue weighted by Crippen LogP contribution is 2.19. The van der Waals surface area contributed by atoms with Crippen molar-refractivity contribution < 1.29 is 9.21 Å². The van der Waals surface area contributed by atoms with Crippen molar-refractivity contribution in [3.63, 3.8) is 0 Å². The third-order valence-electron chi connectivity index (χ3n) is 2.88. The summed E-state index contributed by atoms with van der Waals surface area (Å²) in [6.45, 7) is 4.15. The van der Waals surface area contributed by atoms with Crippen molar-refractivity contribution in [3.05, 3.63) is 46.6 Å². The van der Waals surface area contributed by atoms with Crippen molar-refractivity contribution in [2.24, 2.45) is 11.7 Å². The molecule has 1 aromatic heterocycles. The van der Waals surface area contributed by atoms with Gasteiger partial charge in [0, 0.05) is 10.2 Å². The van der Waals surface area contributed by atoms with Crippen LogP contribution in [0, 0.1) is 5.92 Å². The van der Waals surface area contributed by atoms with Crippen molar-refractivity contribution >= 4 is 27.5 Å². The molecule has 0 aliphatic carbocycles. The van der Waals surface area contributed by atoms with Gasteiger partial charge in [-0.15, -0.1) is 0 Å². The maximum Gasteiger partial charge on any atom is 0.277 e.